The topological polar surface area (TPSA) is 104 Å². The van der Waals surface area contributed by atoms with Crippen LogP contribution < -0.4 is 5.73 Å². The Morgan fingerprint density at radius 1 is 1.82 bits per heavy atom. The van der Waals surface area contributed by atoms with E-state index in [9.17, 15) is 4.79 Å². The van der Waals surface area contributed by atoms with Gasteiger partial charge in [-0.1, -0.05) is 0 Å². The van der Waals surface area contributed by atoms with Crippen molar-refractivity contribution in [1.82, 2.24) is 0 Å². The van der Waals surface area contributed by atoms with E-state index in [-0.39, 0.29) is 0 Å². The van der Waals surface area contributed by atoms with Crippen LogP contribution in [0.4, 0.5) is 0 Å². The summed E-state index contributed by atoms with van der Waals surface area (Å²) in [4.78, 5) is 9.93. The van der Waals surface area contributed by atoms with Gasteiger partial charge in [0.2, 0.25) is 0 Å². The summed E-state index contributed by atoms with van der Waals surface area (Å²) in [6, 6.07) is -0.743. The summed E-state index contributed by atoms with van der Waals surface area (Å²) < 4.78 is 14.2. The van der Waals surface area contributed by atoms with Crippen molar-refractivity contribution in [2.75, 3.05) is 5.75 Å². The molecule has 0 saturated heterocycles. The second-order valence-corrected chi connectivity index (χ2v) is 2.18. The Hall–Kier alpha value is -0.270. The highest BCUT2D eigenvalue weighted by Gasteiger charge is 2.08. The number of nitrogens with one attached hydrogen (secondary N) is 1. The van der Waals surface area contributed by atoms with Crippen molar-refractivity contribution < 1.29 is 14.1 Å². The maximum atomic E-state index is 9.93. The molecule has 0 saturated carbocycles. The molecule has 5 nitrogen and oxygen atoms in total. The van der Waals surface area contributed by atoms with Gasteiger partial charge in [-0.2, -0.15) is 12.6 Å². The molecule has 0 aromatic heterocycles. The van der Waals surface area contributed by atoms with Crippen molar-refractivity contribution >= 4 is 30.1 Å². The van der Waals surface area contributed by atoms with E-state index < -0.39 is 23.5 Å². The molecule has 7 heteroatoms. The fourth-order valence-electron chi connectivity index (χ4n) is 0.263. The number of aliphatic carboxylic acids is 1. The van der Waals surface area contributed by atoms with Gasteiger partial charge in [-0.05, 0) is 12.2 Å². The number of thiol groups is 2. The number of carbonyl (C=O) groups is 1. The van der Waals surface area contributed by atoms with Crippen molar-refractivity contribution in [1.29, 1.82) is 4.78 Å². The molecule has 1 unspecified atom stereocenters. The van der Waals surface area contributed by atoms with E-state index in [0.29, 0.717) is 12.2 Å². The van der Waals surface area contributed by atoms with Crippen LogP contribution in [0.25, 0.3) is 0 Å². The van der Waals surface area contributed by atoms with E-state index in [1.165, 1.54) is 0 Å². The number of carboxylic acid groups (broad SMARTS) is 1. The van der Waals surface area contributed by atoms with Gasteiger partial charge < -0.3 is 19.8 Å². The fraction of sp³-hybridized carbons (Fsp3) is 0.750. The molecule has 0 rings (SSSR count). The molecule has 0 aromatic rings. The zero-order valence-electron chi connectivity index (χ0n) is 5.73. The lowest BCUT2D eigenvalue weighted by atomic mass is 10.2. The lowest BCUT2D eigenvalue weighted by Gasteiger charge is -2.00. The largest absolute Gasteiger partial charge is 0.480 e. The zero-order valence-corrected chi connectivity index (χ0v) is 7.52. The molecule has 0 fully saturated rings. The standard InChI is InChI=1S/C4H9NO2S.H2NOS/c5-3(1-2-8)4(6)7;1-3-2/h3,8H,1-2,5H2,(H,6,7);1,3H/q;-1. The molecule has 0 spiro atoms. The minimum atomic E-state index is -0.959. The maximum Gasteiger partial charge on any atom is 0.320 e. The summed E-state index contributed by atoms with van der Waals surface area (Å²) in [5.74, 6) is -0.438. The normalized spacial score (nSPS) is 11.1. The van der Waals surface area contributed by atoms with Crippen LogP contribution in [-0.4, -0.2) is 22.9 Å². The fourth-order valence-corrected chi connectivity index (χ4v) is 0.541. The van der Waals surface area contributed by atoms with Gasteiger partial charge in [-0.15, -0.1) is 0 Å². The van der Waals surface area contributed by atoms with E-state index in [2.05, 4.69) is 12.6 Å². The molecular formula is C4H11N2O3S2-. The third-order valence-corrected chi connectivity index (χ3v) is 1.02. The van der Waals surface area contributed by atoms with E-state index in [1.54, 1.807) is 0 Å². The minimum absolute atomic E-state index is 0.429. The molecule has 0 aliphatic heterocycles. The lowest BCUT2D eigenvalue weighted by Crippen LogP contribution is -2.30. The molecule has 1 atom stereocenters. The molecule has 0 radical (unpaired) electrons. The first-order valence-electron chi connectivity index (χ1n) is 2.68. The molecular weight excluding hydrogens is 188 g/mol. The van der Waals surface area contributed by atoms with Crippen molar-refractivity contribution in [2.45, 2.75) is 12.5 Å². The van der Waals surface area contributed by atoms with Gasteiger partial charge in [-0.25, -0.2) is 11.5 Å². The Bertz CT molecular complexity index is 146. The molecule has 0 bridgehead atoms. The van der Waals surface area contributed by atoms with Gasteiger partial charge in [0.25, 0.3) is 0 Å². The van der Waals surface area contributed by atoms with Crippen LogP contribution in [0.5, 0.6) is 0 Å². The number of nitrogens with two attached hydrogens (primary N) is 1. The Labute approximate surface area is 73.4 Å². The number of hydrogen-bond acceptors (Lipinski definition) is 6. The predicted molar refractivity (Wildman–Crippen MR) is 46.2 cm³/mol. The molecule has 0 aromatic carbocycles. The Morgan fingerprint density at radius 2 is 2.18 bits per heavy atom. The average Bonchev–Trinajstić information content (AvgIpc) is 1.90. The smallest absolute Gasteiger partial charge is 0.320 e. The lowest BCUT2D eigenvalue weighted by molar-refractivity contribution is -0.138. The van der Waals surface area contributed by atoms with Crippen LogP contribution in [0.15, 0.2) is 0 Å². The van der Waals surface area contributed by atoms with E-state index in [1.807, 2.05) is 0 Å². The molecule has 0 aliphatic rings. The summed E-state index contributed by atoms with van der Waals surface area (Å²) in [6.07, 6.45) is 0.429. The van der Waals surface area contributed by atoms with E-state index in [4.69, 9.17) is 19.8 Å². The molecule has 4 N–H and O–H groups in total. The number of hydrogen-bond donors (Lipinski definition) is 4. The van der Waals surface area contributed by atoms with Crippen LogP contribution in [-0.2, 0) is 20.5 Å². The predicted octanol–water partition coefficient (Wildman–Crippen LogP) is -0.373. The first-order chi connectivity index (χ1) is 5.09. The zero-order chi connectivity index (χ0) is 9.28. The summed E-state index contributed by atoms with van der Waals surface area (Å²) >= 11 is 3.23. The van der Waals surface area contributed by atoms with E-state index in [0.717, 1.165) is 0 Å². The minimum Gasteiger partial charge on any atom is -0.480 e. The first kappa shape index (κ1) is 13.3. The van der Waals surface area contributed by atoms with Crippen molar-refractivity contribution in [2.24, 2.45) is 5.73 Å². The van der Waals surface area contributed by atoms with Gasteiger partial charge >= 0.3 is 5.97 Å². The van der Waals surface area contributed by atoms with Crippen LogP contribution in [0.1, 0.15) is 6.42 Å². The number of rotatable bonds is 3. The van der Waals surface area contributed by atoms with Gasteiger partial charge in [0.05, 0.1) is 0 Å². The van der Waals surface area contributed by atoms with E-state index >= 15 is 0 Å². The molecule has 0 amide bonds. The summed E-state index contributed by atoms with van der Waals surface area (Å²) in [6.45, 7) is 0. The SMILES string of the molecule is N=[SH-]=O.NC(CCS)C(=O)O. The monoisotopic (exact) mass is 199 g/mol. The van der Waals surface area contributed by atoms with Crippen molar-refractivity contribution in [3.8, 4) is 0 Å². The average molecular weight is 199 g/mol. The van der Waals surface area contributed by atoms with Gasteiger partial charge in [-0.3, -0.25) is 4.79 Å². The molecule has 0 aliphatic carbocycles. The second kappa shape index (κ2) is 9.73. The third-order valence-electron chi connectivity index (χ3n) is 0.757. The van der Waals surface area contributed by atoms with Crippen molar-refractivity contribution in [3.63, 3.8) is 0 Å². The Morgan fingerprint density at radius 3 is 2.27 bits per heavy atom. The van der Waals surface area contributed by atoms with Gasteiger partial charge in [0.15, 0.2) is 0 Å². The summed E-state index contributed by atoms with van der Waals surface area (Å²) in [5, 5.41) is 8.15. The molecule has 68 valence electrons. The van der Waals surface area contributed by atoms with Crippen LogP contribution in [0.3, 0.4) is 0 Å². The molecule has 11 heavy (non-hydrogen) atoms. The third kappa shape index (κ3) is 12.8. The quantitative estimate of drug-likeness (QED) is 0.367. The highest BCUT2D eigenvalue weighted by molar-refractivity contribution is 7.80. The first-order valence-corrected chi connectivity index (χ1v) is 4.13. The van der Waals surface area contributed by atoms with Crippen LogP contribution in [0.2, 0.25) is 0 Å². The van der Waals surface area contributed by atoms with Gasteiger partial charge in [0.1, 0.15) is 6.04 Å². The maximum absolute atomic E-state index is 9.93. The summed E-state index contributed by atoms with van der Waals surface area (Å²) in [5.41, 5.74) is 5.08. The molecule has 0 heterocycles. The summed E-state index contributed by atoms with van der Waals surface area (Å²) in [7, 11) is 0. The number of carboxylic acids is 1. The van der Waals surface area contributed by atoms with Gasteiger partial charge in [0, 0.05) is 0 Å². The highest BCUT2D eigenvalue weighted by atomic mass is 32.1. The van der Waals surface area contributed by atoms with Crippen LogP contribution in [0, 0.1) is 4.78 Å². The second-order valence-electron chi connectivity index (χ2n) is 1.55. The Balaban J connectivity index is 0. The highest BCUT2D eigenvalue weighted by Crippen LogP contribution is 1.88. The van der Waals surface area contributed by atoms with Crippen molar-refractivity contribution in [3.05, 3.63) is 0 Å². The Kier molecular flexibility index (Phi) is 11.8. The van der Waals surface area contributed by atoms with Crippen LogP contribution >= 0.6 is 12.6 Å².